The number of fused-ring (bicyclic) bond motifs is 3. The van der Waals surface area contributed by atoms with E-state index in [4.69, 9.17) is 42.7 Å². The number of amides is 2. The van der Waals surface area contributed by atoms with E-state index in [2.05, 4.69) is 30.4 Å². The van der Waals surface area contributed by atoms with Crippen molar-refractivity contribution in [1.29, 1.82) is 0 Å². The van der Waals surface area contributed by atoms with Crippen molar-refractivity contribution >= 4 is 29.3 Å². The lowest BCUT2D eigenvalue weighted by Crippen LogP contribution is -2.60. The Kier molecular flexibility index (Phi) is 31.2. The fraction of sp³-hybridized carbons (Fsp3) is 0.820. The highest BCUT2D eigenvalue weighted by Crippen LogP contribution is 2.38. The Morgan fingerprint density at radius 3 is 2.21 bits per heavy atom. The van der Waals surface area contributed by atoms with E-state index < -0.39 is 96.6 Å². The Morgan fingerprint density at radius 2 is 1.52 bits per heavy atom. The van der Waals surface area contributed by atoms with E-state index in [-0.39, 0.29) is 62.3 Å². The zero-order valence-electron chi connectivity index (χ0n) is 50.7. The number of hydrogen-bond acceptors (Lipinski definition) is 18. The Morgan fingerprint density at radius 1 is 0.802 bits per heavy atom. The van der Waals surface area contributed by atoms with E-state index in [0.717, 1.165) is 18.4 Å². The van der Waals surface area contributed by atoms with Gasteiger partial charge < -0.3 is 73.4 Å². The van der Waals surface area contributed by atoms with Gasteiger partial charge >= 0.3 is 5.97 Å². The van der Waals surface area contributed by atoms with Crippen molar-refractivity contribution < 1.29 is 82.3 Å². The quantitative estimate of drug-likeness (QED) is 0.0318. The van der Waals surface area contributed by atoms with Crippen molar-refractivity contribution in [2.24, 2.45) is 40.7 Å². The second-order valence-corrected chi connectivity index (χ2v) is 23.3. The first kappa shape index (κ1) is 69.8. The van der Waals surface area contributed by atoms with Crippen molar-refractivity contribution in [3.63, 3.8) is 0 Å². The smallest absolute Gasteiger partial charge is 0.329 e. The summed E-state index contributed by atoms with van der Waals surface area (Å²) < 4.78 is 46.4. The Hall–Kier alpha value is -3.67. The summed E-state index contributed by atoms with van der Waals surface area (Å²) in [6.45, 7) is 18.0. The molecule has 5 N–H and O–H groups in total. The predicted molar refractivity (Wildman–Crippen MR) is 306 cm³/mol. The van der Waals surface area contributed by atoms with Crippen LogP contribution in [0.25, 0.3) is 0 Å². The topological polar surface area (TPSA) is 260 Å². The largest absolute Gasteiger partial charge is 0.461 e. The van der Waals surface area contributed by atoms with Crippen LogP contribution in [0.3, 0.4) is 0 Å². The molecule has 4 rings (SSSR count). The number of piperidine rings is 1. The van der Waals surface area contributed by atoms with Gasteiger partial charge in [-0.05, 0) is 127 Å². The number of carbonyl (C=O) groups excluding carboxylic acids is 4. The number of aliphatic hydroxyl groups is 4. The van der Waals surface area contributed by atoms with Crippen LogP contribution in [0.2, 0.25) is 0 Å². The molecule has 81 heavy (non-hydrogen) atoms. The molecule has 4 aliphatic rings. The average molecular weight is 1150 g/mol. The summed E-state index contributed by atoms with van der Waals surface area (Å²) in [5.74, 6) is -6.78. The number of nitrogens with zero attached hydrogens (tertiary/aromatic N) is 2. The average Bonchev–Trinajstić information content (AvgIpc) is 3.47. The molecule has 3 fully saturated rings. The number of oxime groups is 1. The maximum Gasteiger partial charge on any atom is 0.329 e. The van der Waals surface area contributed by atoms with Crippen LogP contribution in [0.1, 0.15) is 145 Å². The van der Waals surface area contributed by atoms with Gasteiger partial charge in [0.2, 0.25) is 5.79 Å². The standard InChI is InChI=1S/C61H103N3O17/c1-12-76-29-30-78-32-31-77-28-26-62-54(67)38-79-63-55-43(6)33-41(4)39(2)17-13-14-18-40(3)52(73-9)37-48-23-20-45(8)61(72,81-48)58(69)59(70)64-27-16-15-19-49(64)60(71)80-47(24-21-46-22-25-50(65)53(35-46)74-10)36-51(66)42(5)34-44(7)56(68)57(55)75-11/h13-14,18,34,39,41-43,45-53,56-57,65-66,68,72H,12,15-17,19-33,35-38H2,1-11H3,(H,62,67)/b14-13?,40-18?,44-34+,63-55+/t39?,41-,42+,43+,45+,46+,47+,48-,49-,50+,51+,52-,53+,56+,57-,61+/m0/s1. The van der Waals surface area contributed by atoms with Crippen LogP contribution in [-0.2, 0) is 61.9 Å². The Balaban J connectivity index is 1.65. The highest BCUT2D eigenvalue weighted by Gasteiger charge is 2.53. The van der Waals surface area contributed by atoms with Gasteiger partial charge in [-0.2, -0.15) is 0 Å². The molecule has 16 atom stereocenters. The number of nitrogens with one attached hydrogen (secondary N) is 1. The first-order valence-electron chi connectivity index (χ1n) is 30.0. The van der Waals surface area contributed by atoms with Gasteiger partial charge in [-0.1, -0.05) is 64.1 Å². The van der Waals surface area contributed by atoms with Crippen LogP contribution in [0, 0.1) is 35.5 Å². The van der Waals surface area contributed by atoms with Gasteiger partial charge in [0.25, 0.3) is 17.6 Å². The number of Topliss-reactive ketones (excluding diaryl/α,β-unsaturated/α-hetero) is 1. The summed E-state index contributed by atoms with van der Waals surface area (Å²) in [6, 6.07) is -1.12. The van der Waals surface area contributed by atoms with Crippen LogP contribution < -0.4 is 5.32 Å². The van der Waals surface area contributed by atoms with E-state index >= 15 is 0 Å². The zero-order valence-corrected chi connectivity index (χ0v) is 50.7. The molecular weight excluding hydrogens is 1050 g/mol. The Labute approximate surface area is 483 Å². The van der Waals surface area contributed by atoms with Gasteiger partial charge in [-0.3, -0.25) is 14.4 Å². The molecule has 0 spiro atoms. The molecule has 3 aliphatic heterocycles. The van der Waals surface area contributed by atoms with E-state index in [9.17, 15) is 39.6 Å². The van der Waals surface area contributed by atoms with Gasteiger partial charge in [0, 0.05) is 71.6 Å². The summed E-state index contributed by atoms with van der Waals surface area (Å²) in [6.07, 6.45) is 8.53. The zero-order chi connectivity index (χ0) is 59.6. The number of methoxy groups -OCH3 is 3. The first-order chi connectivity index (χ1) is 38.7. The van der Waals surface area contributed by atoms with Crippen LogP contribution in [0.4, 0.5) is 0 Å². The Bertz CT molecular complexity index is 2040. The molecule has 0 aromatic heterocycles. The van der Waals surface area contributed by atoms with Gasteiger partial charge in [0.05, 0.1) is 69.3 Å². The van der Waals surface area contributed by atoms with E-state index in [0.29, 0.717) is 109 Å². The summed E-state index contributed by atoms with van der Waals surface area (Å²) in [5, 5.41) is 54.0. The highest BCUT2D eigenvalue weighted by atomic mass is 16.6. The minimum Gasteiger partial charge on any atom is -0.461 e. The van der Waals surface area contributed by atoms with Crippen LogP contribution >= 0.6 is 0 Å². The lowest BCUT2D eigenvalue weighted by molar-refractivity contribution is -0.265. The molecule has 464 valence electrons. The molecule has 0 aromatic rings. The van der Waals surface area contributed by atoms with Crippen LogP contribution in [0.15, 0.2) is 40.6 Å². The molecule has 2 saturated heterocycles. The number of aliphatic hydroxyl groups excluding tert-OH is 3. The van der Waals surface area contributed by atoms with Crippen molar-refractivity contribution in [3.8, 4) is 0 Å². The number of carbonyl (C=O) groups is 4. The van der Waals surface area contributed by atoms with Crippen molar-refractivity contribution in [2.75, 3.05) is 80.7 Å². The lowest BCUT2D eigenvalue weighted by atomic mass is 9.81. The minimum absolute atomic E-state index is 0.00711. The third-order valence-corrected chi connectivity index (χ3v) is 17.1. The maximum atomic E-state index is 14.5. The van der Waals surface area contributed by atoms with Crippen molar-refractivity contribution in [1.82, 2.24) is 10.2 Å². The van der Waals surface area contributed by atoms with Crippen molar-refractivity contribution in [3.05, 3.63) is 35.5 Å². The summed E-state index contributed by atoms with van der Waals surface area (Å²) in [5.41, 5.74) is 1.78. The van der Waals surface area contributed by atoms with Gasteiger partial charge in [0.15, 0.2) is 6.61 Å². The molecule has 1 unspecified atom stereocenters. The molecule has 0 radical (unpaired) electrons. The summed E-state index contributed by atoms with van der Waals surface area (Å²) in [4.78, 5) is 63.0. The third kappa shape index (κ3) is 22.0. The molecular formula is C61H103N3O17. The number of rotatable bonds is 19. The number of hydrogen-bond donors (Lipinski definition) is 5. The number of ketones is 1. The fourth-order valence-corrected chi connectivity index (χ4v) is 11.5. The number of cyclic esters (lactones) is 1. The lowest BCUT2D eigenvalue weighted by Gasteiger charge is -2.42. The second-order valence-electron chi connectivity index (χ2n) is 23.3. The van der Waals surface area contributed by atoms with E-state index in [1.807, 2.05) is 32.9 Å². The fourth-order valence-electron chi connectivity index (χ4n) is 11.5. The van der Waals surface area contributed by atoms with Gasteiger partial charge in [-0.25, -0.2) is 4.79 Å². The molecule has 2 bridgehead atoms. The molecule has 2 amide bonds. The highest BCUT2D eigenvalue weighted by molar-refractivity contribution is 6.39. The second kappa shape index (κ2) is 36.2. The molecule has 1 saturated carbocycles. The molecule has 1 aliphatic carbocycles. The van der Waals surface area contributed by atoms with Crippen molar-refractivity contribution in [2.45, 2.75) is 206 Å². The normalized spacial score (nSPS) is 35.3. The summed E-state index contributed by atoms with van der Waals surface area (Å²) >= 11 is 0. The molecule has 0 aromatic carbocycles. The number of allylic oxidation sites excluding steroid dienone is 3. The molecule has 3 heterocycles. The van der Waals surface area contributed by atoms with Crippen LogP contribution in [0.5, 0.6) is 0 Å². The number of esters is 1. The summed E-state index contributed by atoms with van der Waals surface area (Å²) in [7, 11) is 4.64. The molecule has 20 nitrogen and oxygen atoms in total. The first-order valence-corrected chi connectivity index (χ1v) is 30.0. The maximum absolute atomic E-state index is 14.5. The van der Waals surface area contributed by atoms with E-state index in [1.165, 1.54) is 12.0 Å². The van der Waals surface area contributed by atoms with E-state index in [1.54, 1.807) is 41.1 Å². The third-order valence-electron chi connectivity index (χ3n) is 17.1. The predicted octanol–water partition coefficient (Wildman–Crippen LogP) is 6.19. The van der Waals surface area contributed by atoms with Crippen LogP contribution in [-0.4, -0.2) is 196 Å². The van der Waals surface area contributed by atoms with Gasteiger partial charge in [-0.15, -0.1) is 0 Å². The monoisotopic (exact) mass is 1150 g/mol. The SMILES string of the molecule is CCOCCOCCOCCNC(=O)CO/N=C1\[C@H](C)C[C@H](C)C(C)CC=CC=C(C)[C@@H](OC)C[C@@H]2CC[C@@H](C)[C@@](O)(O2)C(=O)C(=O)N2CCCC[C@H]2C(=O)O[C@H](CC[C@@H]2CC[C@@H](O)[C@H](OC)C2)C[C@@H](O)[C@H](C)/C=C(\C)[C@@H](O)[C@H]1OC. The van der Waals surface area contributed by atoms with Gasteiger partial charge in [0.1, 0.15) is 24.4 Å². The number of ether oxygens (including phenoxy) is 8. The molecule has 20 heteroatoms. The minimum atomic E-state index is -2.43.